The fourth-order valence-electron chi connectivity index (χ4n) is 2.14. The van der Waals surface area contributed by atoms with Crippen LogP contribution in [-0.2, 0) is 19.1 Å². The fraction of sp³-hybridized carbons (Fsp3) is 0.294. The van der Waals surface area contributed by atoms with Crippen molar-refractivity contribution in [3.63, 3.8) is 0 Å². The Bertz CT molecular complexity index is 669. The molecule has 2 N–H and O–H groups in total. The van der Waals surface area contributed by atoms with Gasteiger partial charge in [-0.1, -0.05) is 18.2 Å². The van der Waals surface area contributed by atoms with Gasteiger partial charge in [-0.05, 0) is 35.7 Å². The number of nitrogens with one attached hydrogen (secondary N) is 2. The first-order valence-electron chi connectivity index (χ1n) is 7.48. The minimum atomic E-state index is -4.33. The molecule has 0 aliphatic heterocycles. The Morgan fingerprint density at radius 2 is 1.92 bits per heavy atom. The summed E-state index contributed by atoms with van der Waals surface area (Å²) in [5.41, 5.74) is 0.986. The Balaban J connectivity index is 1.83. The van der Waals surface area contributed by atoms with Gasteiger partial charge in [0.15, 0.2) is 5.96 Å². The van der Waals surface area contributed by atoms with Crippen molar-refractivity contribution in [2.75, 3.05) is 13.6 Å². The molecule has 1 heterocycles. The molecule has 4 nitrogen and oxygen atoms in total. The first-order chi connectivity index (χ1) is 11.5. The summed E-state index contributed by atoms with van der Waals surface area (Å²) < 4.78 is 38.1. The van der Waals surface area contributed by atoms with Crippen LogP contribution in [0.5, 0.6) is 0 Å². The van der Waals surface area contributed by atoms with Crippen LogP contribution in [0.4, 0.5) is 13.2 Å². The third-order valence-corrected chi connectivity index (χ3v) is 3.37. The number of benzene rings is 1. The Morgan fingerprint density at radius 1 is 1.12 bits per heavy atom. The molecular formula is C17H19F3N4. The molecule has 0 unspecified atom stereocenters. The van der Waals surface area contributed by atoms with Gasteiger partial charge in [-0.2, -0.15) is 13.2 Å². The standard InChI is InChI=1S/C17H19F3N4/c1-21-16(23-9-7-13-5-3-8-22-11-13)24-12-14-4-2-6-15(10-14)17(18,19)20/h2-6,8,10-11H,7,9,12H2,1H3,(H2,21,23,24). The van der Waals surface area contributed by atoms with Crippen molar-refractivity contribution in [1.29, 1.82) is 0 Å². The maximum absolute atomic E-state index is 12.7. The Hall–Kier alpha value is -2.57. The van der Waals surface area contributed by atoms with Gasteiger partial charge in [0.05, 0.1) is 5.56 Å². The van der Waals surface area contributed by atoms with Gasteiger partial charge < -0.3 is 10.6 Å². The van der Waals surface area contributed by atoms with E-state index in [9.17, 15) is 13.2 Å². The largest absolute Gasteiger partial charge is 0.416 e. The minimum absolute atomic E-state index is 0.260. The number of pyridine rings is 1. The number of guanidine groups is 1. The molecule has 0 atom stereocenters. The zero-order valence-electron chi connectivity index (χ0n) is 13.3. The molecule has 2 aromatic rings. The Morgan fingerprint density at radius 3 is 2.58 bits per heavy atom. The topological polar surface area (TPSA) is 49.3 Å². The molecule has 0 fully saturated rings. The number of aromatic nitrogens is 1. The SMILES string of the molecule is CN=C(NCCc1cccnc1)NCc1cccc(C(F)(F)F)c1. The van der Waals surface area contributed by atoms with E-state index in [4.69, 9.17) is 0 Å². The van der Waals surface area contributed by atoms with Crippen LogP contribution in [0.15, 0.2) is 53.8 Å². The van der Waals surface area contributed by atoms with Crippen molar-refractivity contribution < 1.29 is 13.2 Å². The molecule has 0 radical (unpaired) electrons. The van der Waals surface area contributed by atoms with Crippen LogP contribution in [0, 0.1) is 0 Å². The molecule has 0 aliphatic carbocycles. The molecule has 7 heteroatoms. The zero-order chi connectivity index (χ0) is 17.4. The van der Waals surface area contributed by atoms with Crippen molar-refractivity contribution in [2.45, 2.75) is 19.1 Å². The third-order valence-electron chi connectivity index (χ3n) is 3.37. The van der Waals surface area contributed by atoms with Gasteiger partial charge in [0, 0.05) is 32.5 Å². The highest BCUT2D eigenvalue weighted by Gasteiger charge is 2.30. The number of rotatable bonds is 5. The van der Waals surface area contributed by atoms with Gasteiger partial charge >= 0.3 is 6.18 Å². The van der Waals surface area contributed by atoms with Crippen LogP contribution in [0.2, 0.25) is 0 Å². The van der Waals surface area contributed by atoms with Crippen LogP contribution < -0.4 is 10.6 Å². The predicted octanol–water partition coefficient (Wildman–Crippen LogP) is 3.01. The van der Waals surface area contributed by atoms with Crippen molar-refractivity contribution >= 4 is 5.96 Å². The van der Waals surface area contributed by atoms with Crippen molar-refractivity contribution in [1.82, 2.24) is 15.6 Å². The highest BCUT2D eigenvalue weighted by atomic mass is 19.4. The molecule has 1 aromatic heterocycles. The van der Waals surface area contributed by atoms with Gasteiger partial charge in [-0.25, -0.2) is 0 Å². The molecule has 0 aliphatic rings. The average Bonchev–Trinajstić information content (AvgIpc) is 2.58. The minimum Gasteiger partial charge on any atom is -0.356 e. The van der Waals surface area contributed by atoms with E-state index in [-0.39, 0.29) is 6.54 Å². The lowest BCUT2D eigenvalue weighted by atomic mass is 10.1. The molecule has 0 bridgehead atoms. The normalized spacial score (nSPS) is 12.1. The van der Waals surface area contributed by atoms with Crippen molar-refractivity contribution in [3.05, 3.63) is 65.5 Å². The lowest BCUT2D eigenvalue weighted by molar-refractivity contribution is -0.137. The quantitative estimate of drug-likeness (QED) is 0.652. The molecule has 0 spiro atoms. The molecule has 1 aromatic carbocycles. The second kappa shape index (κ2) is 8.33. The maximum Gasteiger partial charge on any atom is 0.416 e. The molecular weight excluding hydrogens is 317 g/mol. The summed E-state index contributed by atoms with van der Waals surface area (Å²) in [6.07, 6.45) is -0.0509. The summed E-state index contributed by atoms with van der Waals surface area (Å²) >= 11 is 0. The number of aliphatic imine (C=N–C) groups is 1. The number of nitrogens with zero attached hydrogens (tertiary/aromatic N) is 2. The van der Waals surface area contributed by atoms with Gasteiger partial charge in [0.2, 0.25) is 0 Å². The van der Waals surface area contributed by atoms with E-state index in [0.717, 1.165) is 24.1 Å². The smallest absolute Gasteiger partial charge is 0.356 e. The van der Waals surface area contributed by atoms with Crippen molar-refractivity contribution in [3.8, 4) is 0 Å². The highest BCUT2D eigenvalue weighted by molar-refractivity contribution is 5.79. The van der Waals surface area contributed by atoms with E-state index in [0.29, 0.717) is 18.1 Å². The van der Waals surface area contributed by atoms with Crippen LogP contribution in [-0.4, -0.2) is 24.5 Å². The maximum atomic E-state index is 12.7. The molecule has 24 heavy (non-hydrogen) atoms. The second-order valence-corrected chi connectivity index (χ2v) is 5.16. The summed E-state index contributed by atoms with van der Waals surface area (Å²) in [6.45, 7) is 0.907. The average molecular weight is 336 g/mol. The van der Waals surface area contributed by atoms with Crippen LogP contribution in [0.25, 0.3) is 0 Å². The molecule has 128 valence electrons. The van der Waals surface area contributed by atoms with Crippen LogP contribution in [0.1, 0.15) is 16.7 Å². The Labute approximate surface area is 138 Å². The van der Waals surface area contributed by atoms with Gasteiger partial charge in [0.1, 0.15) is 0 Å². The van der Waals surface area contributed by atoms with Gasteiger partial charge in [-0.3, -0.25) is 9.98 Å². The van der Waals surface area contributed by atoms with Crippen LogP contribution >= 0.6 is 0 Å². The van der Waals surface area contributed by atoms with Crippen molar-refractivity contribution in [2.24, 2.45) is 4.99 Å². The third kappa shape index (κ3) is 5.57. The molecule has 0 saturated carbocycles. The van der Waals surface area contributed by atoms with E-state index in [2.05, 4.69) is 20.6 Å². The lowest BCUT2D eigenvalue weighted by Crippen LogP contribution is -2.37. The van der Waals surface area contributed by atoms with Crippen LogP contribution in [0.3, 0.4) is 0 Å². The van der Waals surface area contributed by atoms with E-state index >= 15 is 0 Å². The summed E-state index contributed by atoms with van der Waals surface area (Å²) in [7, 11) is 1.62. The summed E-state index contributed by atoms with van der Waals surface area (Å²) in [5.74, 6) is 0.538. The van der Waals surface area contributed by atoms with Gasteiger partial charge in [-0.15, -0.1) is 0 Å². The molecule has 2 rings (SSSR count). The lowest BCUT2D eigenvalue weighted by Gasteiger charge is -2.13. The monoisotopic (exact) mass is 336 g/mol. The number of hydrogen-bond donors (Lipinski definition) is 2. The highest BCUT2D eigenvalue weighted by Crippen LogP contribution is 2.29. The summed E-state index contributed by atoms with van der Waals surface area (Å²) in [5, 5.41) is 6.13. The van der Waals surface area contributed by atoms with E-state index in [1.54, 1.807) is 25.5 Å². The molecule has 0 amide bonds. The molecule has 0 saturated heterocycles. The van der Waals surface area contributed by atoms with Gasteiger partial charge in [0.25, 0.3) is 0 Å². The summed E-state index contributed by atoms with van der Waals surface area (Å²) in [4.78, 5) is 8.10. The van der Waals surface area contributed by atoms with E-state index in [1.165, 1.54) is 6.07 Å². The predicted molar refractivity (Wildman–Crippen MR) is 87.6 cm³/mol. The number of hydrogen-bond acceptors (Lipinski definition) is 2. The number of alkyl halides is 3. The zero-order valence-corrected chi connectivity index (χ0v) is 13.3. The Kier molecular flexibility index (Phi) is 6.17. The first kappa shape index (κ1) is 17.8. The second-order valence-electron chi connectivity index (χ2n) is 5.16. The number of halogens is 3. The summed E-state index contributed by atoms with van der Waals surface area (Å²) in [6, 6.07) is 9.09. The fourth-order valence-corrected chi connectivity index (χ4v) is 2.14. The van der Waals surface area contributed by atoms with E-state index in [1.807, 2.05) is 12.1 Å². The first-order valence-corrected chi connectivity index (χ1v) is 7.48. The van der Waals surface area contributed by atoms with E-state index < -0.39 is 11.7 Å².